The maximum atomic E-state index is 16.1. The quantitative estimate of drug-likeness (QED) is 0.0576. The van der Waals surface area contributed by atoms with Gasteiger partial charge in [0.1, 0.15) is 11.3 Å². The predicted molar refractivity (Wildman–Crippen MR) is 345 cm³/mol. The second kappa shape index (κ2) is 22.6. The van der Waals surface area contributed by atoms with Crippen molar-refractivity contribution < 1.29 is 48.3 Å². The van der Waals surface area contributed by atoms with E-state index in [1.54, 1.807) is 13.0 Å². The highest BCUT2D eigenvalue weighted by molar-refractivity contribution is 5.91. The summed E-state index contributed by atoms with van der Waals surface area (Å²) in [6.45, 7) is 2.79. The van der Waals surface area contributed by atoms with Gasteiger partial charge in [0.2, 0.25) is 0 Å². The normalized spacial score (nSPS) is 33.2. The summed E-state index contributed by atoms with van der Waals surface area (Å²) in [7, 11) is 1.53. The van der Waals surface area contributed by atoms with Gasteiger partial charge in [-0.2, -0.15) is 0 Å². The van der Waals surface area contributed by atoms with Crippen molar-refractivity contribution >= 4 is 35.1 Å². The summed E-state index contributed by atoms with van der Waals surface area (Å²) in [5, 5.41) is 33.1. The maximum Gasteiger partial charge on any atom is 0.340 e. The first kappa shape index (κ1) is 58.0. The third kappa shape index (κ3) is 8.89. The third-order valence-electron chi connectivity index (χ3n) is 24.5. The van der Waals surface area contributed by atoms with Crippen LogP contribution in [0, 0.1) is 35.5 Å². The molecule has 464 valence electrons. The number of methoxy groups -OCH3 is 1. The van der Waals surface area contributed by atoms with Crippen LogP contribution in [0.1, 0.15) is 205 Å². The summed E-state index contributed by atoms with van der Waals surface area (Å²) in [4.78, 5) is 46.8. The van der Waals surface area contributed by atoms with Gasteiger partial charge in [-0.15, -0.1) is 0 Å². The SMILES string of the molecule is COCC(CCO)c1c(CO)c2ccc3c(c2oc1=O)C1OC(=O)CC2CC(c4cccc5c4CCC4CCCC6C=Cc7ccccc7C564)C=CC2c2ccc4c(c2)C2CCC4CC(=C(C)CO)C(=O)OC1C(C)(O3)C1CC3c4ccccc4C=CC3C1C2. The first-order valence-electron chi connectivity index (χ1n) is 33.6. The summed E-state index contributed by atoms with van der Waals surface area (Å²) >= 11 is 0. The Morgan fingerprint density at radius 2 is 1.57 bits per heavy atom. The molecule has 11 heteroatoms. The van der Waals surface area contributed by atoms with Crippen molar-refractivity contribution in [2.75, 3.05) is 26.9 Å². The van der Waals surface area contributed by atoms with E-state index >= 15 is 9.59 Å². The molecule has 5 aromatic carbocycles. The summed E-state index contributed by atoms with van der Waals surface area (Å²) in [5.74, 6) is -0.708. The van der Waals surface area contributed by atoms with Gasteiger partial charge in [-0.25, -0.2) is 9.59 Å². The Balaban J connectivity index is 0.902. The lowest BCUT2D eigenvalue weighted by Crippen LogP contribution is -2.59. The number of aliphatic hydroxyl groups is 3. The van der Waals surface area contributed by atoms with Crippen molar-refractivity contribution in [2.45, 2.75) is 163 Å². The number of fused-ring (bicyclic) bond motifs is 16. The fraction of sp³-hybridized carbons (Fsp3) is 0.456. The van der Waals surface area contributed by atoms with E-state index in [-0.39, 0.29) is 108 Å². The van der Waals surface area contributed by atoms with Crippen molar-refractivity contribution in [3.05, 3.63) is 215 Å². The Labute approximate surface area is 526 Å². The third-order valence-corrected chi connectivity index (χ3v) is 24.5. The van der Waals surface area contributed by atoms with E-state index < -0.39 is 47.9 Å². The van der Waals surface area contributed by atoms with Crippen LogP contribution >= 0.6 is 0 Å². The fourth-order valence-electron chi connectivity index (χ4n) is 20.6. The first-order chi connectivity index (χ1) is 43.9. The molecule has 7 bridgehead atoms. The molecule has 1 spiro atoms. The zero-order valence-electron chi connectivity index (χ0n) is 51.9. The van der Waals surface area contributed by atoms with Crippen LogP contribution in [0.3, 0.4) is 0 Å². The van der Waals surface area contributed by atoms with E-state index in [2.05, 4.69) is 121 Å². The van der Waals surface area contributed by atoms with Gasteiger partial charge in [0.15, 0.2) is 17.8 Å². The minimum absolute atomic E-state index is 0.00437. The highest BCUT2D eigenvalue weighted by Crippen LogP contribution is 2.64. The van der Waals surface area contributed by atoms with Crippen LogP contribution in [-0.4, -0.2) is 65.9 Å². The van der Waals surface area contributed by atoms with Crippen LogP contribution in [0.5, 0.6) is 5.75 Å². The van der Waals surface area contributed by atoms with E-state index in [1.165, 1.54) is 82.0 Å². The number of carbonyl (C=O) groups is 2. The average molecular weight is 1210 g/mol. The molecule has 90 heavy (non-hydrogen) atoms. The van der Waals surface area contributed by atoms with Crippen molar-refractivity contribution in [2.24, 2.45) is 35.5 Å². The van der Waals surface area contributed by atoms with Gasteiger partial charge in [0, 0.05) is 65.7 Å². The largest absolute Gasteiger partial charge is 0.483 e. The van der Waals surface area contributed by atoms with Crippen molar-refractivity contribution in [3.8, 4) is 5.75 Å². The number of esters is 2. The number of rotatable bonds is 8. The number of benzene rings is 5. The summed E-state index contributed by atoms with van der Waals surface area (Å²) in [6, 6.07) is 35.6. The van der Waals surface area contributed by atoms with E-state index in [4.69, 9.17) is 23.4 Å². The van der Waals surface area contributed by atoms with Crippen LogP contribution in [0.2, 0.25) is 0 Å². The van der Waals surface area contributed by atoms with Crippen LogP contribution < -0.4 is 10.4 Å². The second-order valence-electron chi connectivity index (χ2n) is 28.6. The van der Waals surface area contributed by atoms with Gasteiger partial charge in [0.25, 0.3) is 0 Å². The van der Waals surface area contributed by atoms with E-state index in [0.717, 1.165) is 32.1 Å². The van der Waals surface area contributed by atoms with E-state index in [9.17, 15) is 20.1 Å². The minimum Gasteiger partial charge on any atom is -0.483 e. The fourth-order valence-corrected chi connectivity index (χ4v) is 20.6. The van der Waals surface area contributed by atoms with Gasteiger partial charge in [-0.3, -0.25) is 4.79 Å². The predicted octanol–water partition coefficient (Wildman–Crippen LogP) is 14.4. The molecule has 2 saturated carbocycles. The molecule has 7 aliphatic carbocycles. The Kier molecular flexibility index (Phi) is 14.6. The molecule has 3 N–H and O–H groups in total. The molecule has 11 nitrogen and oxygen atoms in total. The monoisotopic (exact) mass is 1210 g/mol. The molecule has 0 radical (unpaired) electrons. The lowest BCUT2D eigenvalue weighted by atomic mass is 9.48. The molecule has 1 saturated heterocycles. The molecular weight excluding hydrogens is 1120 g/mol. The van der Waals surface area contributed by atoms with Crippen molar-refractivity contribution in [1.29, 1.82) is 0 Å². The van der Waals surface area contributed by atoms with Crippen LogP contribution in [0.4, 0.5) is 0 Å². The van der Waals surface area contributed by atoms with Crippen LogP contribution in [0.25, 0.3) is 23.1 Å². The molecule has 16 atom stereocenters. The number of allylic oxidation sites excluding steroid dienone is 4. The average Bonchev–Trinajstić information content (AvgIpc) is 0.907. The standard InChI is InChI=1S/C79H82O11/c1-43(40-81)61-35-48-18-19-49-37-64-58-28-21-44-10-4-6-14-55(44)63(58)39-68(64)78(2)75(89-76(61)84)74(72-69(90-78)31-30-60-65(41-82)71(77(85)88-73(60)72)50(32-33-80)42-86-3)87-70(83)38-51-34-46(22-26-54(51)47-23-27-57(48)62(49)36-47)56-15-9-17-67-59(56)29-25-53-13-8-12-52-24-20-45-11-5-7-16-66(45)79(52,53)67/h4-7,9-11,14-17,20-24,26-28,30-31,36,46,48-54,58,63-64,68,74-75,80-82H,8,12-13,18-19,25,29,32-35,37-42H2,1-3H3. The Hall–Kier alpha value is -7.15. The first-order valence-corrected chi connectivity index (χ1v) is 33.6. The van der Waals surface area contributed by atoms with Crippen molar-refractivity contribution in [1.82, 2.24) is 0 Å². The molecular formula is C79H82O11. The van der Waals surface area contributed by atoms with Gasteiger partial charge >= 0.3 is 17.6 Å². The highest BCUT2D eigenvalue weighted by Gasteiger charge is 2.63. The van der Waals surface area contributed by atoms with Gasteiger partial charge < -0.3 is 38.7 Å². The maximum absolute atomic E-state index is 16.1. The van der Waals surface area contributed by atoms with Gasteiger partial charge in [-0.05, 0) is 211 Å². The second-order valence-corrected chi connectivity index (χ2v) is 28.6. The highest BCUT2D eigenvalue weighted by atomic mass is 16.6. The Bertz CT molecular complexity index is 4080. The number of ether oxygens (including phenoxy) is 4. The molecule has 6 aromatic rings. The zero-order valence-corrected chi connectivity index (χ0v) is 51.9. The molecule has 3 fully saturated rings. The minimum atomic E-state index is -1.37. The molecule has 5 heterocycles. The van der Waals surface area contributed by atoms with Gasteiger partial charge in [0.05, 0.1) is 25.4 Å². The van der Waals surface area contributed by atoms with E-state index in [0.29, 0.717) is 58.9 Å². The molecule has 11 aliphatic rings. The lowest BCUT2D eigenvalue weighted by molar-refractivity contribution is -0.202. The summed E-state index contributed by atoms with van der Waals surface area (Å²) < 4.78 is 34.3. The number of hydrogen-bond donors (Lipinski definition) is 3. The Morgan fingerprint density at radius 1 is 0.756 bits per heavy atom. The molecule has 4 aliphatic heterocycles. The lowest BCUT2D eigenvalue weighted by Gasteiger charge is -2.55. The Morgan fingerprint density at radius 3 is 2.41 bits per heavy atom. The summed E-state index contributed by atoms with van der Waals surface area (Å²) in [5.41, 5.74) is 12.7. The topological polar surface area (TPSA) is 162 Å². The summed E-state index contributed by atoms with van der Waals surface area (Å²) in [6.07, 6.45) is 22.1. The number of hydrogen-bond acceptors (Lipinski definition) is 11. The zero-order chi connectivity index (χ0) is 61.3. The molecule has 17 rings (SSSR count). The number of aliphatic hydroxyl groups excluding tert-OH is 3. The smallest absolute Gasteiger partial charge is 0.340 e. The van der Waals surface area contributed by atoms with Gasteiger partial charge in [-0.1, -0.05) is 128 Å². The van der Waals surface area contributed by atoms with E-state index in [1.807, 2.05) is 13.0 Å². The molecule has 0 amide bonds. The van der Waals surface area contributed by atoms with Crippen LogP contribution in [0.15, 0.2) is 142 Å². The molecule has 16 unspecified atom stereocenters. The number of carbonyl (C=O) groups excluding carboxylic acids is 2. The molecule has 1 aromatic heterocycles. The van der Waals surface area contributed by atoms with Crippen molar-refractivity contribution in [3.63, 3.8) is 0 Å². The van der Waals surface area contributed by atoms with Crippen LogP contribution in [-0.2, 0) is 42.2 Å².